The van der Waals surface area contributed by atoms with Crippen LogP contribution in [0.5, 0.6) is 0 Å². The van der Waals surface area contributed by atoms with Crippen molar-refractivity contribution in [2.75, 3.05) is 6.54 Å². The summed E-state index contributed by atoms with van der Waals surface area (Å²) < 4.78 is 0. The van der Waals surface area contributed by atoms with E-state index in [1.807, 2.05) is 4.90 Å². The third-order valence-electron chi connectivity index (χ3n) is 3.54. The van der Waals surface area contributed by atoms with Gasteiger partial charge in [0.1, 0.15) is 0 Å². The highest BCUT2D eigenvalue weighted by atomic mass is 16.6. The van der Waals surface area contributed by atoms with E-state index >= 15 is 0 Å². The molecule has 18 heavy (non-hydrogen) atoms. The van der Waals surface area contributed by atoms with Crippen LogP contribution in [0.2, 0.25) is 0 Å². The zero-order chi connectivity index (χ0) is 13.3. The van der Waals surface area contributed by atoms with Crippen molar-refractivity contribution in [3.8, 4) is 0 Å². The van der Waals surface area contributed by atoms with E-state index < -0.39 is 12.1 Å². The van der Waals surface area contributed by atoms with E-state index in [0.29, 0.717) is 5.92 Å². The van der Waals surface area contributed by atoms with Gasteiger partial charge >= 0.3 is 5.97 Å². The van der Waals surface area contributed by atoms with Crippen LogP contribution in [-0.2, 0) is 14.4 Å². The molecule has 6 nitrogen and oxygen atoms in total. The average molecular weight is 254 g/mol. The van der Waals surface area contributed by atoms with E-state index in [4.69, 9.17) is 9.94 Å². The quantitative estimate of drug-likeness (QED) is 0.810. The van der Waals surface area contributed by atoms with E-state index in [0.717, 1.165) is 19.4 Å². The van der Waals surface area contributed by atoms with E-state index in [-0.39, 0.29) is 24.1 Å². The monoisotopic (exact) mass is 254 g/mol. The molecule has 2 heterocycles. The third kappa shape index (κ3) is 2.32. The minimum absolute atomic E-state index is 0.0650. The van der Waals surface area contributed by atoms with Crippen LogP contribution >= 0.6 is 0 Å². The van der Waals surface area contributed by atoms with Crippen LogP contribution in [0.25, 0.3) is 0 Å². The van der Waals surface area contributed by atoms with Gasteiger partial charge in [0, 0.05) is 19.0 Å². The maximum Gasteiger partial charge on any atom is 0.353 e. The second-order valence-corrected chi connectivity index (χ2v) is 5.13. The molecular formula is C12H18N2O4. The summed E-state index contributed by atoms with van der Waals surface area (Å²) in [6, 6.07) is 0.231. The van der Waals surface area contributed by atoms with Gasteiger partial charge in [-0.3, -0.25) is 4.79 Å². The highest BCUT2D eigenvalue weighted by molar-refractivity contribution is 6.36. The van der Waals surface area contributed by atoms with Crippen molar-refractivity contribution in [3.63, 3.8) is 0 Å². The molecule has 2 rings (SSSR count). The summed E-state index contributed by atoms with van der Waals surface area (Å²) in [5.41, 5.74) is -0.0753. The first kappa shape index (κ1) is 12.9. The van der Waals surface area contributed by atoms with Gasteiger partial charge in [0.25, 0.3) is 5.91 Å². The molecule has 0 aromatic carbocycles. The van der Waals surface area contributed by atoms with Gasteiger partial charge in [-0.15, -0.1) is 0 Å². The molecule has 0 aromatic heterocycles. The Hall–Kier alpha value is -1.59. The topological polar surface area (TPSA) is 79.2 Å². The van der Waals surface area contributed by atoms with E-state index in [1.165, 1.54) is 0 Å². The maximum atomic E-state index is 12.3. The summed E-state index contributed by atoms with van der Waals surface area (Å²) in [7, 11) is 0. The van der Waals surface area contributed by atoms with Crippen molar-refractivity contribution in [2.24, 2.45) is 11.1 Å². The first-order valence-corrected chi connectivity index (χ1v) is 6.27. The summed E-state index contributed by atoms with van der Waals surface area (Å²) in [5.74, 6) is -0.851. The number of oxime groups is 1. The Labute approximate surface area is 106 Å². The molecule has 0 saturated carbocycles. The number of carboxylic acids is 1. The molecule has 6 heteroatoms. The second-order valence-electron chi connectivity index (χ2n) is 5.13. The number of rotatable bonds is 3. The summed E-state index contributed by atoms with van der Waals surface area (Å²) in [6.45, 7) is 4.90. The Kier molecular flexibility index (Phi) is 3.54. The molecule has 0 bridgehead atoms. The number of carbonyl (C=O) groups is 2. The number of likely N-dealkylation sites (tertiary alicyclic amines) is 1. The van der Waals surface area contributed by atoms with Gasteiger partial charge in [-0.1, -0.05) is 19.0 Å². The number of amides is 1. The fourth-order valence-electron chi connectivity index (χ4n) is 2.58. The molecule has 1 amide bonds. The molecule has 2 unspecified atom stereocenters. The van der Waals surface area contributed by atoms with Crippen molar-refractivity contribution >= 4 is 17.6 Å². The number of nitrogens with zero attached hydrogens (tertiary/aromatic N) is 2. The number of hydrogen-bond donors (Lipinski definition) is 1. The molecule has 1 saturated heterocycles. The van der Waals surface area contributed by atoms with Crippen molar-refractivity contribution in [2.45, 2.75) is 45.3 Å². The smallest absolute Gasteiger partial charge is 0.353 e. The highest BCUT2D eigenvalue weighted by Crippen LogP contribution is 2.26. The van der Waals surface area contributed by atoms with Crippen molar-refractivity contribution < 1.29 is 19.5 Å². The summed E-state index contributed by atoms with van der Waals surface area (Å²) in [5, 5.41) is 12.2. The lowest BCUT2D eigenvalue weighted by Crippen LogP contribution is -2.44. The van der Waals surface area contributed by atoms with E-state index in [1.54, 1.807) is 0 Å². The fraction of sp³-hybridized carbons (Fsp3) is 0.750. The van der Waals surface area contributed by atoms with Gasteiger partial charge in [-0.25, -0.2) is 4.79 Å². The molecule has 0 aliphatic carbocycles. The number of aliphatic carboxylic acids is 1. The molecule has 0 radical (unpaired) electrons. The highest BCUT2D eigenvalue weighted by Gasteiger charge is 2.39. The van der Waals surface area contributed by atoms with Crippen LogP contribution in [0, 0.1) is 5.92 Å². The minimum atomic E-state index is -1.12. The van der Waals surface area contributed by atoms with Crippen LogP contribution in [0.3, 0.4) is 0 Å². The van der Waals surface area contributed by atoms with Crippen molar-refractivity contribution in [1.29, 1.82) is 0 Å². The van der Waals surface area contributed by atoms with Crippen molar-refractivity contribution in [1.82, 2.24) is 4.90 Å². The minimum Gasteiger partial charge on any atom is -0.477 e. The van der Waals surface area contributed by atoms with Gasteiger partial charge in [-0.05, 0) is 18.8 Å². The Bertz CT molecular complexity index is 392. The summed E-state index contributed by atoms with van der Waals surface area (Å²) in [4.78, 5) is 29.8. The summed E-state index contributed by atoms with van der Waals surface area (Å²) in [6.07, 6.45) is 1.31. The lowest BCUT2D eigenvalue weighted by atomic mass is 10.0. The fourth-order valence-corrected chi connectivity index (χ4v) is 2.58. The SMILES string of the molecule is CC(C)C1CCCN1C(=O)C1CC(C(=O)O)=NO1. The lowest BCUT2D eigenvalue weighted by Gasteiger charge is -2.29. The molecular weight excluding hydrogens is 236 g/mol. The van der Waals surface area contributed by atoms with Gasteiger partial charge in [0.2, 0.25) is 6.10 Å². The normalized spacial score (nSPS) is 27.3. The average Bonchev–Trinajstić information content (AvgIpc) is 2.97. The van der Waals surface area contributed by atoms with Crippen LogP contribution in [0.15, 0.2) is 5.16 Å². The molecule has 2 aliphatic heterocycles. The first-order chi connectivity index (χ1) is 8.50. The molecule has 100 valence electrons. The van der Waals surface area contributed by atoms with E-state index in [9.17, 15) is 9.59 Å². The molecule has 2 atom stereocenters. The third-order valence-corrected chi connectivity index (χ3v) is 3.54. The van der Waals surface area contributed by atoms with Gasteiger partial charge in [-0.2, -0.15) is 0 Å². The zero-order valence-corrected chi connectivity index (χ0v) is 10.6. The Morgan fingerprint density at radius 2 is 2.22 bits per heavy atom. The Balaban J connectivity index is 1.99. The van der Waals surface area contributed by atoms with E-state index in [2.05, 4.69) is 19.0 Å². The predicted molar refractivity (Wildman–Crippen MR) is 64.1 cm³/mol. The Morgan fingerprint density at radius 3 is 2.78 bits per heavy atom. The predicted octanol–water partition coefficient (Wildman–Crippen LogP) is 0.863. The standard InChI is InChI=1S/C12H18N2O4/c1-7(2)9-4-3-5-14(9)11(15)10-6-8(12(16)17)13-18-10/h7,9-10H,3-6H2,1-2H3,(H,16,17). The largest absolute Gasteiger partial charge is 0.477 e. The zero-order valence-electron chi connectivity index (χ0n) is 10.6. The molecule has 1 N–H and O–H groups in total. The Morgan fingerprint density at radius 1 is 1.50 bits per heavy atom. The molecule has 1 fully saturated rings. The van der Waals surface area contributed by atoms with Gasteiger partial charge in [0.05, 0.1) is 0 Å². The van der Waals surface area contributed by atoms with Crippen molar-refractivity contribution in [3.05, 3.63) is 0 Å². The van der Waals surface area contributed by atoms with Crippen LogP contribution in [0.4, 0.5) is 0 Å². The molecule has 0 aromatic rings. The summed E-state index contributed by atoms with van der Waals surface area (Å²) >= 11 is 0. The van der Waals surface area contributed by atoms with Gasteiger partial charge in [0.15, 0.2) is 5.71 Å². The number of carboxylic acid groups (broad SMARTS) is 1. The van der Waals surface area contributed by atoms with Gasteiger partial charge < -0.3 is 14.8 Å². The maximum absolute atomic E-state index is 12.3. The van der Waals surface area contributed by atoms with Crippen LogP contribution in [-0.4, -0.2) is 46.3 Å². The van der Waals surface area contributed by atoms with Crippen LogP contribution in [0.1, 0.15) is 33.1 Å². The lowest BCUT2D eigenvalue weighted by molar-refractivity contribution is -0.143. The first-order valence-electron chi connectivity index (χ1n) is 6.27. The van der Waals surface area contributed by atoms with Crippen LogP contribution < -0.4 is 0 Å². The number of carbonyl (C=O) groups excluding carboxylic acids is 1. The molecule has 2 aliphatic rings. The second kappa shape index (κ2) is 4.96. The number of hydrogen-bond acceptors (Lipinski definition) is 4. The molecule has 0 spiro atoms.